The average molecular weight is 664 g/mol. The van der Waals surface area contributed by atoms with Crippen LogP contribution in [-0.4, -0.2) is 0 Å². The first-order valence-electron chi connectivity index (χ1n) is 17.8. The molecule has 0 amide bonds. The molecule has 0 aliphatic heterocycles. The van der Waals surface area contributed by atoms with E-state index in [1.807, 2.05) is 6.07 Å². The molecule has 0 saturated carbocycles. The lowest BCUT2D eigenvalue weighted by molar-refractivity contribution is 0.673. The van der Waals surface area contributed by atoms with Crippen molar-refractivity contribution in [2.24, 2.45) is 0 Å². The Bertz CT molecular complexity index is 2870. The van der Waals surface area contributed by atoms with Crippen LogP contribution in [0.25, 0.3) is 76.9 Å². The lowest BCUT2D eigenvalue weighted by Crippen LogP contribution is -2.10. The topological polar surface area (TPSA) is 16.4 Å². The predicted octanol–water partition coefficient (Wildman–Crippen LogP) is 14.4. The molecule has 0 N–H and O–H groups in total. The van der Waals surface area contributed by atoms with Gasteiger partial charge >= 0.3 is 0 Å². The Kier molecular flexibility index (Phi) is 7.18. The maximum atomic E-state index is 6.52. The van der Waals surface area contributed by atoms with Crippen LogP contribution >= 0.6 is 0 Å². The molecule has 0 atom stereocenters. The SMILES string of the molecule is c1ccc(-c2ccc(N(c3ccc(-c4cccc5ccc6c7ccccc7oc6c45)cc3)c3ccc(-c4ccccc4)c4ccccc34)cc2)cc1. The Labute approximate surface area is 302 Å². The highest BCUT2D eigenvalue weighted by Crippen LogP contribution is 2.44. The van der Waals surface area contributed by atoms with Gasteiger partial charge in [0.15, 0.2) is 0 Å². The highest BCUT2D eigenvalue weighted by Gasteiger charge is 2.19. The monoisotopic (exact) mass is 663 g/mol. The van der Waals surface area contributed by atoms with Gasteiger partial charge in [0.1, 0.15) is 11.2 Å². The van der Waals surface area contributed by atoms with Crippen LogP contribution in [0.15, 0.2) is 205 Å². The minimum absolute atomic E-state index is 0.912. The largest absolute Gasteiger partial charge is 0.455 e. The van der Waals surface area contributed by atoms with Gasteiger partial charge in [-0.2, -0.15) is 0 Å². The van der Waals surface area contributed by atoms with Crippen LogP contribution in [0.4, 0.5) is 17.1 Å². The van der Waals surface area contributed by atoms with E-state index in [0.29, 0.717) is 0 Å². The first kappa shape index (κ1) is 30.0. The number of hydrogen-bond acceptors (Lipinski definition) is 2. The van der Waals surface area contributed by atoms with Gasteiger partial charge < -0.3 is 9.32 Å². The second-order valence-corrected chi connectivity index (χ2v) is 13.3. The first-order valence-corrected chi connectivity index (χ1v) is 17.8. The molecule has 10 aromatic rings. The maximum Gasteiger partial charge on any atom is 0.143 e. The lowest BCUT2D eigenvalue weighted by Gasteiger charge is -2.28. The van der Waals surface area contributed by atoms with Crippen LogP contribution in [0.1, 0.15) is 0 Å². The predicted molar refractivity (Wildman–Crippen MR) is 220 cm³/mol. The number of para-hydroxylation sites is 1. The van der Waals surface area contributed by atoms with Gasteiger partial charge in [-0.05, 0) is 86.6 Å². The van der Waals surface area contributed by atoms with E-state index in [0.717, 1.165) is 55.5 Å². The number of anilines is 3. The van der Waals surface area contributed by atoms with E-state index in [2.05, 4.69) is 199 Å². The Morgan fingerprint density at radius 2 is 0.904 bits per heavy atom. The Morgan fingerprint density at radius 3 is 1.63 bits per heavy atom. The van der Waals surface area contributed by atoms with E-state index in [4.69, 9.17) is 4.42 Å². The molecule has 0 saturated heterocycles. The van der Waals surface area contributed by atoms with Gasteiger partial charge in [-0.1, -0.05) is 158 Å². The molecule has 0 fully saturated rings. The Morgan fingerprint density at radius 1 is 0.327 bits per heavy atom. The summed E-state index contributed by atoms with van der Waals surface area (Å²) < 4.78 is 6.52. The summed E-state index contributed by atoms with van der Waals surface area (Å²) in [7, 11) is 0. The molecule has 0 spiro atoms. The molecular weight excluding hydrogens is 631 g/mol. The molecule has 0 aliphatic rings. The first-order chi connectivity index (χ1) is 25.8. The molecule has 1 heterocycles. The van der Waals surface area contributed by atoms with Crippen molar-refractivity contribution >= 4 is 60.5 Å². The number of furan rings is 1. The second-order valence-electron chi connectivity index (χ2n) is 13.3. The van der Waals surface area contributed by atoms with Gasteiger partial charge in [-0.15, -0.1) is 0 Å². The molecule has 2 heteroatoms. The molecule has 0 radical (unpaired) electrons. The summed E-state index contributed by atoms with van der Waals surface area (Å²) in [5.74, 6) is 0. The van der Waals surface area contributed by atoms with E-state index < -0.39 is 0 Å². The summed E-state index contributed by atoms with van der Waals surface area (Å²) in [6, 6.07) is 71.6. The average Bonchev–Trinajstić information content (AvgIpc) is 3.61. The Balaban J connectivity index is 1.13. The highest BCUT2D eigenvalue weighted by atomic mass is 16.3. The molecule has 1 aromatic heterocycles. The smallest absolute Gasteiger partial charge is 0.143 e. The summed E-state index contributed by atoms with van der Waals surface area (Å²) in [5, 5.41) is 7.01. The maximum absolute atomic E-state index is 6.52. The van der Waals surface area contributed by atoms with Gasteiger partial charge in [0.25, 0.3) is 0 Å². The van der Waals surface area contributed by atoms with Crippen LogP contribution in [-0.2, 0) is 0 Å². The summed E-state index contributed by atoms with van der Waals surface area (Å²) in [6.45, 7) is 0. The second kappa shape index (κ2) is 12.5. The molecule has 9 aromatic carbocycles. The van der Waals surface area contributed by atoms with Crippen molar-refractivity contribution < 1.29 is 4.42 Å². The fraction of sp³-hybridized carbons (Fsp3) is 0. The van der Waals surface area contributed by atoms with Gasteiger partial charge in [0.2, 0.25) is 0 Å². The zero-order chi connectivity index (χ0) is 34.4. The number of fused-ring (bicyclic) bond motifs is 6. The number of rotatable bonds is 6. The van der Waals surface area contributed by atoms with E-state index in [-0.39, 0.29) is 0 Å². The van der Waals surface area contributed by atoms with Crippen LogP contribution in [0, 0.1) is 0 Å². The third-order valence-electron chi connectivity index (χ3n) is 10.3. The molecule has 0 bridgehead atoms. The van der Waals surface area contributed by atoms with Gasteiger partial charge in [0, 0.05) is 32.9 Å². The molecule has 2 nitrogen and oxygen atoms in total. The van der Waals surface area contributed by atoms with Crippen molar-refractivity contribution in [2.45, 2.75) is 0 Å². The van der Waals surface area contributed by atoms with E-state index in [1.54, 1.807) is 0 Å². The fourth-order valence-electron chi connectivity index (χ4n) is 7.79. The van der Waals surface area contributed by atoms with Gasteiger partial charge in [0.05, 0.1) is 5.69 Å². The number of nitrogens with zero attached hydrogens (tertiary/aromatic N) is 1. The van der Waals surface area contributed by atoms with Crippen molar-refractivity contribution in [1.82, 2.24) is 0 Å². The summed E-state index contributed by atoms with van der Waals surface area (Å²) in [4.78, 5) is 2.39. The molecular formula is C50H33NO. The zero-order valence-electron chi connectivity index (χ0n) is 28.4. The van der Waals surface area contributed by atoms with Gasteiger partial charge in [-0.3, -0.25) is 0 Å². The zero-order valence-corrected chi connectivity index (χ0v) is 28.4. The van der Waals surface area contributed by atoms with Gasteiger partial charge in [-0.25, -0.2) is 0 Å². The van der Waals surface area contributed by atoms with Crippen molar-refractivity contribution in [1.29, 1.82) is 0 Å². The highest BCUT2D eigenvalue weighted by molar-refractivity contribution is 6.19. The quantitative estimate of drug-likeness (QED) is 0.176. The molecule has 0 unspecified atom stereocenters. The lowest BCUT2D eigenvalue weighted by atomic mass is 9.95. The minimum atomic E-state index is 0.912. The molecule has 244 valence electrons. The molecule has 52 heavy (non-hydrogen) atoms. The Hall–Kier alpha value is -6.90. The molecule has 10 rings (SSSR count). The summed E-state index contributed by atoms with van der Waals surface area (Å²) in [6.07, 6.45) is 0. The van der Waals surface area contributed by atoms with Crippen molar-refractivity contribution in [3.05, 3.63) is 200 Å². The van der Waals surface area contributed by atoms with E-state index in [1.165, 1.54) is 38.4 Å². The summed E-state index contributed by atoms with van der Waals surface area (Å²) in [5.41, 5.74) is 12.3. The van der Waals surface area contributed by atoms with E-state index in [9.17, 15) is 0 Å². The minimum Gasteiger partial charge on any atom is -0.455 e. The van der Waals surface area contributed by atoms with Crippen LogP contribution in [0.5, 0.6) is 0 Å². The third-order valence-corrected chi connectivity index (χ3v) is 10.3. The van der Waals surface area contributed by atoms with E-state index >= 15 is 0 Å². The summed E-state index contributed by atoms with van der Waals surface area (Å²) >= 11 is 0. The standard InChI is InChI=1S/C50H33NO/c1-3-12-34(13-4-1)35-22-27-39(28-23-35)51(47-33-32-41(36-14-5-2-6-15-36)43-17-7-8-18-44(43)47)40-29-24-37(25-30-40)42-20-11-16-38-26-31-46-45-19-9-10-21-48(45)52-50(46)49(38)42/h1-33H. The number of hydrogen-bond donors (Lipinski definition) is 0. The van der Waals surface area contributed by atoms with Crippen molar-refractivity contribution in [3.63, 3.8) is 0 Å². The normalized spacial score (nSPS) is 11.5. The van der Waals surface area contributed by atoms with Crippen molar-refractivity contribution in [2.75, 3.05) is 4.90 Å². The van der Waals surface area contributed by atoms with Crippen molar-refractivity contribution in [3.8, 4) is 33.4 Å². The fourth-order valence-corrected chi connectivity index (χ4v) is 7.79. The third kappa shape index (κ3) is 5.04. The van der Waals surface area contributed by atoms with Crippen LogP contribution < -0.4 is 4.90 Å². The van der Waals surface area contributed by atoms with Crippen LogP contribution in [0.3, 0.4) is 0 Å². The van der Waals surface area contributed by atoms with Crippen LogP contribution in [0.2, 0.25) is 0 Å². The number of benzene rings is 9. The molecule has 0 aliphatic carbocycles.